The molecule has 3 rings (SSSR count). The first-order valence-electron chi connectivity index (χ1n) is 7.88. The third kappa shape index (κ3) is 3.21. The zero-order valence-corrected chi connectivity index (χ0v) is 15.0. The second-order valence-electron chi connectivity index (χ2n) is 5.68. The molecule has 0 radical (unpaired) electrons. The molecule has 0 aliphatic carbocycles. The van der Waals surface area contributed by atoms with Gasteiger partial charge in [-0.3, -0.25) is 4.79 Å². The van der Waals surface area contributed by atoms with Crippen LogP contribution in [-0.2, 0) is 11.2 Å². The lowest BCUT2D eigenvalue weighted by Gasteiger charge is -2.19. The van der Waals surface area contributed by atoms with E-state index in [-0.39, 0.29) is 5.82 Å². The Hall–Kier alpha value is -2.12. The molecule has 0 spiro atoms. The molecule has 0 bridgehead atoms. The molecule has 1 aromatic carbocycles. The molecule has 1 aromatic heterocycles. The van der Waals surface area contributed by atoms with Crippen molar-refractivity contribution in [3.63, 3.8) is 0 Å². The van der Waals surface area contributed by atoms with Crippen LogP contribution in [0.1, 0.15) is 36.2 Å². The number of carbonyl (C=O) groups excluding carboxylic acids is 1. The number of carboxylic acid groups (broad SMARTS) is 1. The topological polar surface area (TPSA) is 88.3 Å². The molecule has 1 saturated heterocycles. The number of hydrogen-bond donors (Lipinski definition) is 1. The number of carboxylic acids is 1. The Bertz CT molecular complexity index is 817. The number of carbonyl (C=O) groups is 2. The number of aryl methyl sites for hydroxylation is 1. The van der Waals surface area contributed by atoms with E-state index in [1.807, 2.05) is 6.92 Å². The number of para-hydroxylation sites is 1. The number of rotatable bonds is 4. The van der Waals surface area contributed by atoms with Crippen molar-refractivity contribution in [1.82, 2.24) is 19.7 Å². The standard InChI is InChI=1S/C16H16Cl2N4O3/c1-2-12-19-14(15(23)21-8-4-7-11(21)16(24)25)20-22(12)13-9(17)5-3-6-10(13)18/h3,5-6,11H,2,4,7-8H2,1H3,(H,24,25)/t11-/m0/s1. The van der Waals surface area contributed by atoms with Crippen LogP contribution >= 0.6 is 23.2 Å². The maximum absolute atomic E-state index is 12.7. The summed E-state index contributed by atoms with van der Waals surface area (Å²) in [6.07, 6.45) is 1.57. The van der Waals surface area contributed by atoms with Gasteiger partial charge in [0.15, 0.2) is 0 Å². The average Bonchev–Trinajstić information content (AvgIpc) is 3.21. The molecule has 1 atom stereocenters. The summed E-state index contributed by atoms with van der Waals surface area (Å²) in [6, 6.07) is 4.22. The van der Waals surface area contributed by atoms with E-state index in [2.05, 4.69) is 10.1 Å². The van der Waals surface area contributed by atoms with Crippen LogP contribution in [0.15, 0.2) is 18.2 Å². The maximum atomic E-state index is 12.7. The fourth-order valence-corrected chi connectivity index (χ4v) is 3.49. The van der Waals surface area contributed by atoms with E-state index in [1.165, 1.54) is 9.58 Å². The Balaban J connectivity index is 2.01. The van der Waals surface area contributed by atoms with Crippen molar-refractivity contribution >= 4 is 35.1 Å². The van der Waals surface area contributed by atoms with Crippen LogP contribution in [0.5, 0.6) is 0 Å². The molecule has 9 heteroatoms. The second kappa shape index (κ2) is 7.01. The van der Waals surface area contributed by atoms with Crippen LogP contribution in [0.2, 0.25) is 10.0 Å². The van der Waals surface area contributed by atoms with Gasteiger partial charge in [-0.2, -0.15) is 0 Å². The number of halogens is 2. The Labute approximate surface area is 154 Å². The van der Waals surface area contributed by atoms with Crippen LogP contribution in [0, 0.1) is 0 Å². The van der Waals surface area contributed by atoms with Crippen molar-refractivity contribution in [2.75, 3.05) is 6.54 Å². The fourth-order valence-electron chi connectivity index (χ4n) is 2.93. The number of amides is 1. The van der Waals surface area contributed by atoms with Crippen LogP contribution < -0.4 is 0 Å². The third-order valence-electron chi connectivity index (χ3n) is 4.13. The van der Waals surface area contributed by atoms with Gasteiger partial charge in [0.25, 0.3) is 5.91 Å². The molecule has 7 nitrogen and oxygen atoms in total. The third-order valence-corrected chi connectivity index (χ3v) is 4.74. The van der Waals surface area contributed by atoms with Gasteiger partial charge in [-0.15, -0.1) is 5.10 Å². The molecule has 1 aliphatic heterocycles. The molecule has 1 amide bonds. The summed E-state index contributed by atoms with van der Waals surface area (Å²) >= 11 is 12.5. The Morgan fingerprint density at radius 1 is 1.32 bits per heavy atom. The normalized spacial score (nSPS) is 17.1. The highest BCUT2D eigenvalue weighted by Crippen LogP contribution is 2.29. The largest absolute Gasteiger partial charge is 0.480 e. The van der Waals surface area contributed by atoms with Crippen molar-refractivity contribution in [2.24, 2.45) is 0 Å². The lowest BCUT2D eigenvalue weighted by molar-refractivity contribution is -0.141. The maximum Gasteiger partial charge on any atom is 0.326 e. The van der Waals surface area contributed by atoms with Crippen molar-refractivity contribution in [2.45, 2.75) is 32.2 Å². The summed E-state index contributed by atoms with van der Waals surface area (Å²) in [6.45, 7) is 2.24. The molecule has 1 aliphatic rings. The highest BCUT2D eigenvalue weighted by atomic mass is 35.5. The van der Waals surface area contributed by atoms with Gasteiger partial charge in [0.2, 0.25) is 5.82 Å². The number of aromatic nitrogens is 3. The van der Waals surface area contributed by atoms with Gasteiger partial charge in [0.1, 0.15) is 17.6 Å². The van der Waals surface area contributed by atoms with E-state index in [4.69, 9.17) is 23.2 Å². The minimum atomic E-state index is -1.02. The first kappa shape index (κ1) is 17.7. The summed E-state index contributed by atoms with van der Waals surface area (Å²) in [5.41, 5.74) is 0.449. The van der Waals surface area contributed by atoms with Crippen molar-refractivity contribution in [3.8, 4) is 5.69 Å². The molecule has 25 heavy (non-hydrogen) atoms. The zero-order chi connectivity index (χ0) is 18.1. The summed E-state index contributed by atoms with van der Waals surface area (Å²) in [7, 11) is 0. The molecule has 132 valence electrons. The quantitative estimate of drug-likeness (QED) is 0.877. The first-order chi connectivity index (χ1) is 11.9. The van der Waals surface area contributed by atoms with E-state index in [1.54, 1.807) is 18.2 Å². The Morgan fingerprint density at radius 2 is 2.00 bits per heavy atom. The Kier molecular flexibility index (Phi) is 4.96. The number of benzene rings is 1. The number of hydrogen-bond acceptors (Lipinski definition) is 4. The van der Waals surface area contributed by atoms with Crippen LogP contribution in [0.25, 0.3) is 5.69 Å². The first-order valence-corrected chi connectivity index (χ1v) is 8.63. The lowest BCUT2D eigenvalue weighted by atomic mass is 10.2. The van der Waals surface area contributed by atoms with Gasteiger partial charge in [-0.25, -0.2) is 14.5 Å². The number of likely N-dealkylation sites (tertiary alicyclic amines) is 1. The van der Waals surface area contributed by atoms with Gasteiger partial charge in [0.05, 0.1) is 10.0 Å². The van der Waals surface area contributed by atoms with Gasteiger partial charge in [0, 0.05) is 13.0 Å². The van der Waals surface area contributed by atoms with E-state index in [0.717, 1.165) is 0 Å². The van der Waals surface area contributed by atoms with Gasteiger partial charge in [-0.05, 0) is 25.0 Å². The average molecular weight is 383 g/mol. The van der Waals surface area contributed by atoms with E-state index < -0.39 is 17.9 Å². The minimum absolute atomic E-state index is 0.0546. The van der Waals surface area contributed by atoms with Gasteiger partial charge >= 0.3 is 5.97 Å². The van der Waals surface area contributed by atoms with Crippen LogP contribution in [0.4, 0.5) is 0 Å². The molecule has 0 unspecified atom stereocenters. The van der Waals surface area contributed by atoms with Crippen LogP contribution in [0.3, 0.4) is 0 Å². The smallest absolute Gasteiger partial charge is 0.326 e. The second-order valence-corrected chi connectivity index (χ2v) is 6.50. The Morgan fingerprint density at radius 3 is 2.60 bits per heavy atom. The molecule has 2 aromatic rings. The summed E-state index contributed by atoms with van der Waals surface area (Å²) in [5, 5.41) is 14.3. The minimum Gasteiger partial charge on any atom is -0.480 e. The van der Waals surface area contributed by atoms with Crippen molar-refractivity contribution in [3.05, 3.63) is 39.9 Å². The predicted molar refractivity (Wildman–Crippen MR) is 92.5 cm³/mol. The van der Waals surface area contributed by atoms with E-state index >= 15 is 0 Å². The van der Waals surface area contributed by atoms with Crippen molar-refractivity contribution < 1.29 is 14.7 Å². The van der Waals surface area contributed by atoms with E-state index in [9.17, 15) is 14.7 Å². The van der Waals surface area contributed by atoms with Gasteiger partial charge < -0.3 is 10.0 Å². The highest BCUT2D eigenvalue weighted by molar-refractivity contribution is 6.37. The van der Waals surface area contributed by atoms with Crippen LogP contribution in [-0.4, -0.2) is 49.2 Å². The number of aliphatic carboxylic acids is 1. The summed E-state index contributed by atoms with van der Waals surface area (Å²) in [5.74, 6) is -1.05. The summed E-state index contributed by atoms with van der Waals surface area (Å²) in [4.78, 5) is 29.6. The predicted octanol–water partition coefficient (Wildman–Crippen LogP) is 2.83. The molecule has 0 saturated carbocycles. The van der Waals surface area contributed by atoms with Gasteiger partial charge in [-0.1, -0.05) is 36.2 Å². The monoisotopic (exact) mass is 382 g/mol. The lowest BCUT2D eigenvalue weighted by Crippen LogP contribution is -2.40. The molecule has 1 fully saturated rings. The molecule has 1 N–H and O–H groups in total. The van der Waals surface area contributed by atoms with E-state index in [0.29, 0.717) is 47.4 Å². The molecular formula is C16H16Cl2N4O3. The van der Waals surface area contributed by atoms with Crippen molar-refractivity contribution in [1.29, 1.82) is 0 Å². The SMILES string of the molecule is CCc1nc(C(=O)N2CCC[C@H]2C(=O)O)nn1-c1c(Cl)cccc1Cl. The zero-order valence-electron chi connectivity index (χ0n) is 13.4. The molecular weight excluding hydrogens is 367 g/mol. The highest BCUT2D eigenvalue weighted by Gasteiger charge is 2.36. The fraction of sp³-hybridized carbons (Fsp3) is 0.375. The number of nitrogens with zero attached hydrogens (tertiary/aromatic N) is 4. The summed E-state index contributed by atoms with van der Waals surface area (Å²) < 4.78 is 1.45. The molecule has 2 heterocycles.